The molecule has 0 amide bonds. The Hall–Kier alpha value is -2.68. The molecule has 0 aliphatic heterocycles. The first-order chi connectivity index (χ1) is 15.2. The van der Waals surface area contributed by atoms with Gasteiger partial charge >= 0.3 is 5.97 Å². The minimum Gasteiger partial charge on any atom is -0.460 e. The summed E-state index contributed by atoms with van der Waals surface area (Å²) in [6.45, 7) is 11.1. The second-order valence-electron chi connectivity index (χ2n) is 9.26. The molecule has 0 radical (unpaired) electrons. The number of carbonyl (C=O) groups excluding carboxylic acids is 1. The maximum atomic E-state index is 12.9. The van der Waals surface area contributed by atoms with Crippen LogP contribution < -0.4 is 5.32 Å². The van der Waals surface area contributed by atoms with Gasteiger partial charge in [0.1, 0.15) is 5.60 Å². The Morgan fingerprint density at radius 2 is 1.75 bits per heavy atom. The Morgan fingerprint density at radius 1 is 1.06 bits per heavy atom. The average molecular weight is 449 g/mol. The third-order valence-electron chi connectivity index (χ3n) is 5.86. The van der Waals surface area contributed by atoms with Crippen LogP contribution in [0.15, 0.2) is 48.5 Å². The van der Waals surface area contributed by atoms with Crippen LogP contribution in [-0.4, -0.2) is 18.1 Å². The molecule has 168 valence electrons. The van der Waals surface area contributed by atoms with Crippen molar-refractivity contribution in [3.8, 4) is 16.5 Å². The van der Waals surface area contributed by atoms with Crippen LogP contribution in [0.3, 0.4) is 0 Å². The molecule has 0 saturated heterocycles. The van der Waals surface area contributed by atoms with Crippen molar-refractivity contribution in [2.24, 2.45) is 5.41 Å². The second kappa shape index (κ2) is 9.85. The molecule has 3 rings (SSSR count). The van der Waals surface area contributed by atoms with Crippen molar-refractivity contribution in [1.29, 1.82) is 5.26 Å². The van der Waals surface area contributed by atoms with E-state index in [4.69, 9.17) is 10.00 Å². The van der Waals surface area contributed by atoms with E-state index >= 15 is 0 Å². The largest absolute Gasteiger partial charge is 0.460 e. The molecular formula is C27H32N2O2S. The van der Waals surface area contributed by atoms with Crippen molar-refractivity contribution < 1.29 is 9.53 Å². The first-order valence-electron chi connectivity index (χ1n) is 11.2. The number of esters is 1. The van der Waals surface area contributed by atoms with Gasteiger partial charge in [-0.2, -0.15) is 5.26 Å². The van der Waals surface area contributed by atoms with Crippen LogP contribution >= 0.6 is 11.3 Å². The van der Waals surface area contributed by atoms with Gasteiger partial charge in [0.15, 0.2) is 0 Å². The summed E-state index contributed by atoms with van der Waals surface area (Å²) in [5, 5.41) is 13.7. The second-order valence-corrected chi connectivity index (χ2v) is 10.3. The molecule has 0 aliphatic carbocycles. The number of rotatable bonds is 8. The quantitative estimate of drug-likeness (QED) is 0.391. The Morgan fingerprint density at radius 3 is 2.34 bits per heavy atom. The first-order valence-corrected chi connectivity index (χ1v) is 12.0. The summed E-state index contributed by atoms with van der Waals surface area (Å²) in [5.74, 6) is -0.122. The van der Waals surface area contributed by atoms with Crippen LogP contribution in [0.2, 0.25) is 0 Å². The van der Waals surface area contributed by atoms with Gasteiger partial charge < -0.3 is 10.1 Å². The smallest absolute Gasteiger partial charge is 0.313 e. The minimum atomic E-state index is -0.511. The molecule has 0 unspecified atom stereocenters. The molecular weight excluding hydrogens is 416 g/mol. The fraction of sp³-hybridized carbons (Fsp3) is 0.407. The number of benzene rings is 2. The van der Waals surface area contributed by atoms with E-state index in [1.165, 1.54) is 20.5 Å². The number of carbonyl (C=O) groups is 1. The lowest BCUT2D eigenvalue weighted by molar-refractivity contribution is -0.168. The number of fused-ring (bicyclic) bond motifs is 1. The summed E-state index contributed by atoms with van der Waals surface area (Å²) in [4.78, 5) is 14.0. The Labute approximate surface area is 195 Å². The van der Waals surface area contributed by atoms with Crippen molar-refractivity contribution in [2.75, 3.05) is 6.54 Å². The molecule has 0 saturated carbocycles. The number of nitrogens with one attached hydrogen (secondary N) is 1. The normalized spacial score (nSPS) is 12.0. The number of ether oxygens (including phenoxy) is 1. The molecule has 4 nitrogen and oxygen atoms in total. The molecule has 3 aromatic rings. The Kier molecular flexibility index (Phi) is 7.38. The van der Waals surface area contributed by atoms with Crippen LogP contribution in [0.5, 0.6) is 0 Å². The Balaban J connectivity index is 1.70. The van der Waals surface area contributed by atoms with Gasteiger partial charge in [0, 0.05) is 22.7 Å². The highest BCUT2D eigenvalue weighted by Crippen LogP contribution is 2.34. The number of nitrogens with zero attached hydrogens (tertiary/aromatic N) is 1. The van der Waals surface area contributed by atoms with Crippen molar-refractivity contribution in [2.45, 2.75) is 59.6 Å². The minimum absolute atomic E-state index is 0.122. The highest BCUT2D eigenvalue weighted by Gasteiger charge is 2.38. The number of thiophene rings is 1. The zero-order valence-corrected chi connectivity index (χ0v) is 20.4. The number of hydrogen-bond acceptors (Lipinski definition) is 5. The predicted molar refractivity (Wildman–Crippen MR) is 133 cm³/mol. The summed E-state index contributed by atoms with van der Waals surface area (Å²) in [5.41, 5.74) is 1.99. The third kappa shape index (κ3) is 5.56. The summed E-state index contributed by atoms with van der Waals surface area (Å²) in [7, 11) is 0. The summed E-state index contributed by atoms with van der Waals surface area (Å²) in [6, 6.07) is 18.6. The third-order valence-corrected chi connectivity index (χ3v) is 7.02. The molecule has 5 heteroatoms. The molecule has 2 aromatic carbocycles. The average Bonchev–Trinajstić information content (AvgIpc) is 3.19. The van der Waals surface area contributed by atoms with Gasteiger partial charge in [-0.1, -0.05) is 32.0 Å². The van der Waals surface area contributed by atoms with E-state index in [0.717, 1.165) is 18.4 Å². The fourth-order valence-electron chi connectivity index (χ4n) is 3.75. The molecule has 0 aliphatic rings. The van der Waals surface area contributed by atoms with Gasteiger partial charge in [-0.05, 0) is 80.5 Å². The Bertz CT molecular complexity index is 1110. The zero-order chi connectivity index (χ0) is 23.4. The van der Waals surface area contributed by atoms with Crippen molar-refractivity contribution in [3.63, 3.8) is 0 Å². The molecule has 32 heavy (non-hydrogen) atoms. The molecule has 1 heterocycles. The topological polar surface area (TPSA) is 62.1 Å². The first kappa shape index (κ1) is 24.0. The number of hydrogen-bond donors (Lipinski definition) is 1. The lowest BCUT2D eigenvalue weighted by atomic mass is 9.82. The maximum Gasteiger partial charge on any atom is 0.313 e. The lowest BCUT2D eigenvalue weighted by Gasteiger charge is -2.33. The van der Waals surface area contributed by atoms with E-state index in [1.54, 1.807) is 11.3 Å². The zero-order valence-electron chi connectivity index (χ0n) is 19.6. The molecule has 0 bridgehead atoms. The van der Waals surface area contributed by atoms with Crippen LogP contribution in [0.4, 0.5) is 0 Å². The van der Waals surface area contributed by atoms with Gasteiger partial charge in [-0.25, -0.2) is 0 Å². The van der Waals surface area contributed by atoms with E-state index in [-0.39, 0.29) is 5.97 Å². The molecule has 0 spiro atoms. The van der Waals surface area contributed by atoms with E-state index in [0.29, 0.717) is 18.7 Å². The van der Waals surface area contributed by atoms with E-state index in [9.17, 15) is 4.79 Å². The molecule has 0 fully saturated rings. The molecule has 0 atom stereocenters. The van der Waals surface area contributed by atoms with E-state index < -0.39 is 11.0 Å². The van der Waals surface area contributed by atoms with Gasteiger partial charge in [0.2, 0.25) is 0 Å². The maximum absolute atomic E-state index is 12.9. The highest BCUT2D eigenvalue weighted by molar-refractivity contribution is 7.22. The lowest BCUT2D eigenvalue weighted by Crippen LogP contribution is -2.43. The standard InChI is InChI=1S/C27H32N2O2S/c1-6-27(7-2,25(30)31-26(3,4)5)18-29-17-20-10-13-23-22(14-20)15-24(32-23)21-11-8-19(16-28)9-12-21/h8-15,29H,6-7,17-18H2,1-5H3. The van der Waals surface area contributed by atoms with Crippen molar-refractivity contribution in [1.82, 2.24) is 5.32 Å². The fourth-order valence-corrected chi connectivity index (χ4v) is 4.80. The summed E-state index contributed by atoms with van der Waals surface area (Å²) in [6.07, 6.45) is 1.48. The molecule has 1 N–H and O–H groups in total. The van der Waals surface area contributed by atoms with E-state index in [2.05, 4.69) is 49.5 Å². The van der Waals surface area contributed by atoms with Crippen molar-refractivity contribution >= 4 is 27.4 Å². The predicted octanol–water partition coefficient (Wildman–Crippen LogP) is 6.68. The van der Waals surface area contributed by atoms with Gasteiger partial charge in [-0.15, -0.1) is 11.3 Å². The number of nitriles is 1. The molecule has 1 aromatic heterocycles. The SMILES string of the molecule is CCC(CC)(CNCc1ccc2sc(-c3ccc(C#N)cc3)cc2c1)C(=O)OC(C)(C)C. The van der Waals surface area contributed by atoms with Gasteiger partial charge in [0.05, 0.1) is 17.0 Å². The summed E-state index contributed by atoms with van der Waals surface area (Å²) >= 11 is 1.75. The van der Waals surface area contributed by atoms with E-state index in [1.807, 2.05) is 45.0 Å². The van der Waals surface area contributed by atoms with Crippen LogP contribution in [0.1, 0.15) is 58.6 Å². The monoisotopic (exact) mass is 448 g/mol. The van der Waals surface area contributed by atoms with Crippen LogP contribution in [0.25, 0.3) is 20.5 Å². The van der Waals surface area contributed by atoms with Crippen LogP contribution in [-0.2, 0) is 16.1 Å². The van der Waals surface area contributed by atoms with Crippen molar-refractivity contribution in [3.05, 3.63) is 59.7 Å². The van der Waals surface area contributed by atoms with Gasteiger partial charge in [-0.3, -0.25) is 4.79 Å². The highest BCUT2D eigenvalue weighted by atomic mass is 32.1. The summed E-state index contributed by atoms with van der Waals surface area (Å²) < 4.78 is 6.94. The van der Waals surface area contributed by atoms with Crippen LogP contribution in [0, 0.1) is 16.7 Å². The van der Waals surface area contributed by atoms with Gasteiger partial charge in [0.25, 0.3) is 0 Å².